The van der Waals surface area contributed by atoms with Gasteiger partial charge in [-0.1, -0.05) is 11.8 Å². The average Bonchev–Trinajstić information content (AvgIpc) is 2.84. The minimum Gasteiger partial charge on any atom is -0.292 e. The fourth-order valence-electron chi connectivity index (χ4n) is 1.22. The monoisotopic (exact) mass is 321 g/mol. The molecule has 0 aromatic carbocycles. The van der Waals surface area contributed by atoms with E-state index in [9.17, 15) is 18.0 Å². The normalized spacial score (nSPS) is 11.3. The smallest absolute Gasteiger partial charge is 0.235 e. The van der Waals surface area contributed by atoms with Gasteiger partial charge in [0.1, 0.15) is 5.00 Å². The van der Waals surface area contributed by atoms with Crippen LogP contribution in [0.3, 0.4) is 0 Å². The maximum Gasteiger partial charge on any atom is 0.235 e. The molecule has 0 saturated heterocycles. The third-order valence-electron chi connectivity index (χ3n) is 2.37. The Kier molecular flexibility index (Phi) is 5.57. The van der Waals surface area contributed by atoms with Crippen molar-refractivity contribution in [2.75, 3.05) is 22.9 Å². The van der Waals surface area contributed by atoms with Crippen molar-refractivity contribution in [1.29, 1.82) is 0 Å². The molecule has 1 aromatic heterocycles. The van der Waals surface area contributed by atoms with Crippen LogP contribution in [0.25, 0.3) is 0 Å². The SMILES string of the molecule is CCS(=O)(=O)N(C)c1ccc(C(=O)CSC(C)=O)s1. The first kappa shape index (κ1) is 16.2. The molecule has 0 bridgehead atoms. The van der Waals surface area contributed by atoms with Gasteiger partial charge in [-0.2, -0.15) is 0 Å². The van der Waals surface area contributed by atoms with Crippen molar-refractivity contribution >= 4 is 49.0 Å². The summed E-state index contributed by atoms with van der Waals surface area (Å²) in [5.74, 6) is -0.0801. The molecule has 1 rings (SSSR count). The summed E-state index contributed by atoms with van der Waals surface area (Å²) in [6.45, 7) is 2.97. The minimum absolute atomic E-state index is 0.00483. The number of anilines is 1. The Hall–Kier alpha value is -0.860. The second-order valence-corrected chi connectivity index (χ2v) is 8.21. The van der Waals surface area contributed by atoms with Crippen molar-refractivity contribution in [2.45, 2.75) is 13.8 Å². The van der Waals surface area contributed by atoms with E-state index in [4.69, 9.17) is 0 Å². The molecular formula is C11H15NO4S3. The van der Waals surface area contributed by atoms with Crippen LogP contribution in [-0.2, 0) is 14.8 Å². The van der Waals surface area contributed by atoms with Crippen LogP contribution >= 0.6 is 23.1 Å². The number of hydrogen-bond acceptors (Lipinski definition) is 6. The average molecular weight is 321 g/mol. The van der Waals surface area contributed by atoms with Crippen molar-refractivity contribution in [2.24, 2.45) is 0 Å². The number of sulfonamides is 1. The van der Waals surface area contributed by atoms with Gasteiger partial charge in [0.2, 0.25) is 10.0 Å². The van der Waals surface area contributed by atoms with Crippen LogP contribution in [0.15, 0.2) is 12.1 Å². The number of carbonyl (C=O) groups is 2. The standard InChI is InChI=1S/C11H15NO4S3/c1-4-19(15,16)12(3)11-6-5-10(18-11)9(14)7-17-8(2)13/h5-6H,4,7H2,1-3H3. The Balaban J connectivity index is 2.83. The number of rotatable bonds is 6. The van der Waals surface area contributed by atoms with Gasteiger partial charge >= 0.3 is 0 Å². The zero-order valence-electron chi connectivity index (χ0n) is 10.9. The largest absolute Gasteiger partial charge is 0.292 e. The highest BCUT2D eigenvalue weighted by Crippen LogP contribution is 2.28. The van der Waals surface area contributed by atoms with Gasteiger partial charge in [0.25, 0.3) is 0 Å². The molecule has 1 aromatic rings. The molecule has 5 nitrogen and oxygen atoms in total. The van der Waals surface area contributed by atoms with Crippen molar-refractivity contribution in [1.82, 2.24) is 0 Å². The highest BCUT2D eigenvalue weighted by molar-refractivity contribution is 8.14. The summed E-state index contributed by atoms with van der Waals surface area (Å²) in [7, 11) is -1.85. The van der Waals surface area contributed by atoms with Crippen molar-refractivity contribution in [3.8, 4) is 0 Å². The number of hydrogen-bond donors (Lipinski definition) is 0. The predicted molar refractivity (Wildman–Crippen MR) is 79.7 cm³/mol. The summed E-state index contributed by atoms with van der Waals surface area (Å²) in [5.41, 5.74) is 0. The Morgan fingerprint density at radius 1 is 1.37 bits per heavy atom. The molecule has 19 heavy (non-hydrogen) atoms. The number of thioether (sulfide) groups is 1. The zero-order valence-corrected chi connectivity index (χ0v) is 13.3. The molecule has 0 unspecified atom stereocenters. The van der Waals surface area contributed by atoms with Crippen molar-refractivity contribution in [3.05, 3.63) is 17.0 Å². The summed E-state index contributed by atoms with van der Waals surface area (Å²) in [4.78, 5) is 23.0. The number of nitrogens with zero attached hydrogens (tertiary/aromatic N) is 1. The lowest BCUT2D eigenvalue weighted by Crippen LogP contribution is -2.27. The fourth-order valence-corrected chi connectivity index (χ4v) is 3.78. The van der Waals surface area contributed by atoms with Crippen LogP contribution in [0.4, 0.5) is 5.00 Å². The van der Waals surface area contributed by atoms with E-state index >= 15 is 0 Å². The van der Waals surface area contributed by atoms with Crippen LogP contribution < -0.4 is 4.31 Å². The van der Waals surface area contributed by atoms with Gasteiger partial charge in [-0.05, 0) is 19.1 Å². The minimum atomic E-state index is -3.32. The van der Waals surface area contributed by atoms with Gasteiger partial charge in [0, 0.05) is 14.0 Å². The van der Waals surface area contributed by atoms with E-state index in [0.717, 1.165) is 23.1 Å². The van der Waals surface area contributed by atoms with E-state index in [1.54, 1.807) is 19.1 Å². The van der Waals surface area contributed by atoms with Gasteiger partial charge in [0.05, 0.1) is 16.4 Å². The highest BCUT2D eigenvalue weighted by atomic mass is 32.2. The Labute approximate surface area is 121 Å². The molecular weight excluding hydrogens is 306 g/mol. The lowest BCUT2D eigenvalue weighted by Gasteiger charge is -2.15. The molecule has 8 heteroatoms. The van der Waals surface area contributed by atoms with Gasteiger partial charge in [0.15, 0.2) is 10.9 Å². The summed E-state index contributed by atoms with van der Waals surface area (Å²) in [6, 6.07) is 3.19. The van der Waals surface area contributed by atoms with E-state index in [1.165, 1.54) is 18.3 Å². The van der Waals surface area contributed by atoms with Gasteiger partial charge in [-0.3, -0.25) is 13.9 Å². The first-order valence-electron chi connectivity index (χ1n) is 5.51. The van der Waals surface area contributed by atoms with Gasteiger partial charge in [-0.25, -0.2) is 8.42 Å². The number of thiophene rings is 1. The third-order valence-corrected chi connectivity index (χ3v) is 6.26. The molecule has 106 valence electrons. The summed E-state index contributed by atoms with van der Waals surface area (Å²) < 4.78 is 24.6. The third kappa shape index (κ3) is 4.32. The summed E-state index contributed by atoms with van der Waals surface area (Å²) >= 11 is 2.06. The number of ketones is 1. The molecule has 0 amide bonds. The summed E-state index contributed by atoms with van der Waals surface area (Å²) in [5, 5.41) is 0.383. The van der Waals surface area contributed by atoms with Crippen LogP contribution in [-0.4, -0.2) is 37.9 Å². The first-order valence-corrected chi connectivity index (χ1v) is 8.92. The maximum atomic E-state index is 11.8. The van der Waals surface area contributed by atoms with Crippen LogP contribution in [0.1, 0.15) is 23.5 Å². The van der Waals surface area contributed by atoms with Crippen LogP contribution in [0, 0.1) is 0 Å². The number of Topliss-reactive ketones (excluding diaryl/α,β-unsaturated/α-hetero) is 1. The maximum absolute atomic E-state index is 11.8. The molecule has 0 fully saturated rings. The van der Waals surface area contributed by atoms with Gasteiger partial charge < -0.3 is 0 Å². The molecule has 0 aliphatic rings. The van der Waals surface area contributed by atoms with E-state index in [2.05, 4.69) is 0 Å². The Bertz CT molecular complexity index is 577. The lowest BCUT2D eigenvalue weighted by molar-refractivity contribution is -0.109. The quantitative estimate of drug-likeness (QED) is 0.749. The molecule has 0 atom stereocenters. The molecule has 1 heterocycles. The number of carbonyl (C=O) groups excluding carboxylic acids is 2. The first-order chi connectivity index (χ1) is 8.77. The van der Waals surface area contributed by atoms with Crippen LogP contribution in [0.2, 0.25) is 0 Å². The predicted octanol–water partition coefficient (Wildman–Crippen LogP) is 2.00. The molecule has 0 spiro atoms. The second-order valence-electron chi connectivity index (χ2n) is 3.71. The molecule has 0 N–H and O–H groups in total. The Morgan fingerprint density at radius 2 is 2.00 bits per heavy atom. The van der Waals surface area contributed by atoms with Crippen LogP contribution in [0.5, 0.6) is 0 Å². The lowest BCUT2D eigenvalue weighted by atomic mass is 10.3. The molecule has 0 aliphatic heterocycles. The van der Waals surface area contributed by atoms with Crippen molar-refractivity contribution in [3.63, 3.8) is 0 Å². The second kappa shape index (κ2) is 6.53. The van der Waals surface area contributed by atoms with E-state index in [-0.39, 0.29) is 22.4 Å². The summed E-state index contributed by atoms with van der Waals surface area (Å²) in [6.07, 6.45) is 0. The topological polar surface area (TPSA) is 71.5 Å². The fraction of sp³-hybridized carbons (Fsp3) is 0.455. The molecule has 0 saturated carbocycles. The molecule has 0 radical (unpaired) electrons. The van der Waals surface area contributed by atoms with Gasteiger partial charge in [-0.15, -0.1) is 11.3 Å². The van der Waals surface area contributed by atoms with E-state index in [0.29, 0.717) is 9.88 Å². The van der Waals surface area contributed by atoms with Crippen molar-refractivity contribution < 1.29 is 18.0 Å². The van der Waals surface area contributed by atoms with E-state index < -0.39 is 10.0 Å². The molecule has 0 aliphatic carbocycles. The zero-order chi connectivity index (χ0) is 14.6. The van der Waals surface area contributed by atoms with E-state index in [1.807, 2.05) is 0 Å². The Morgan fingerprint density at radius 3 is 2.53 bits per heavy atom. The highest BCUT2D eigenvalue weighted by Gasteiger charge is 2.19.